The Balaban J connectivity index is 0. The van der Waals surface area contributed by atoms with E-state index in [-0.39, 0.29) is 50.1 Å². The first-order valence-corrected chi connectivity index (χ1v) is 27.1. The summed E-state index contributed by atoms with van der Waals surface area (Å²) >= 11 is 15.5. The van der Waals surface area contributed by atoms with Gasteiger partial charge in [-0.2, -0.15) is 0 Å². The van der Waals surface area contributed by atoms with Crippen LogP contribution in [0.2, 0.25) is 0 Å². The van der Waals surface area contributed by atoms with Gasteiger partial charge < -0.3 is 25.2 Å². The lowest BCUT2D eigenvalue weighted by Gasteiger charge is -2.28. The Kier molecular flexibility index (Phi) is 35.3. The number of amides is 2. The molecule has 5 rings (SSSR count). The third-order valence-corrected chi connectivity index (χ3v) is 12.2. The van der Waals surface area contributed by atoms with Crippen molar-refractivity contribution in [2.45, 2.75) is 157 Å². The summed E-state index contributed by atoms with van der Waals surface area (Å²) in [7, 11) is 7.36. The Morgan fingerprint density at radius 1 is 0.838 bits per heavy atom. The van der Waals surface area contributed by atoms with E-state index in [1.165, 1.54) is 37.2 Å². The second-order valence-electron chi connectivity index (χ2n) is 16.3. The Morgan fingerprint density at radius 3 is 1.65 bits per heavy atom. The van der Waals surface area contributed by atoms with Crippen molar-refractivity contribution in [2.24, 2.45) is 4.99 Å². The standard InChI is InChI=1S/C13H17BrClFN2O.C13H18BrFN2O2.C13H16BrFN2O.C5H10O.2CH4.Cl2OS/c1-3-4-5-13(2,8-15)18-12(19)11-10(14)6-9(16)7-17-11;1-3-4-5-13(2,8-18)17-12(19)11-10(14)6-9(15)7-16-11;1-3-4-5-13(2)8-18-12(17-13)11-10(14)6-9(15)7-16-11;1-5-3-2-4-6-5;;;1-4(2)3/h6-7H,3-5,8H2,1-2H3,(H,18,19);6-7,18H,3-5,8H2,1-2H3,(H,17,19);6-7H,3-5,8H2,1-2H3;5H,2-4H2,1H3;2*1H4;/t3*13-;;;;/m111..../s1. The van der Waals surface area contributed by atoms with Crippen LogP contribution < -0.4 is 10.6 Å². The van der Waals surface area contributed by atoms with Crippen LogP contribution in [0, 0.1) is 17.5 Å². The molecule has 1 saturated heterocycles. The van der Waals surface area contributed by atoms with Gasteiger partial charge in [-0.05, 0) is 126 Å². The normalized spacial score (nSPS) is 17.4. The van der Waals surface area contributed by atoms with Gasteiger partial charge >= 0.3 is 0 Å². The van der Waals surface area contributed by atoms with E-state index in [2.05, 4.69) is 127 Å². The number of unbranched alkanes of at least 4 members (excludes halogenated alkanes) is 3. The lowest BCUT2D eigenvalue weighted by atomic mass is 9.95. The second kappa shape index (κ2) is 35.2. The van der Waals surface area contributed by atoms with Gasteiger partial charge in [0.05, 0.1) is 61.3 Å². The molecule has 0 saturated carbocycles. The van der Waals surface area contributed by atoms with Crippen LogP contribution >= 0.6 is 80.8 Å². The van der Waals surface area contributed by atoms with Crippen LogP contribution in [-0.2, 0) is 18.7 Å². The predicted octanol–water partition coefficient (Wildman–Crippen LogP) is 13.8. The first kappa shape index (κ1) is 68.1. The van der Waals surface area contributed by atoms with Crippen molar-refractivity contribution in [3.63, 3.8) is 0 Å². The lowest BCUT2D eigenvalue weighted by molar-refractivity contribution is 0.0832. The van der Waals surface area contributed by atoms with Crippen LogP contribution in [0.3, 0.4) is 0 Å². The Morgan fingerprint density at radius 2 is 1.28 bits per heavy atom. The maximum absolute atomic E-state index is 13.0. The van der Waals surface area contributed by atoms with Crippen LogP contribution in [-0.4, -0.2) is 90.4 Å². The van der Waals surface area contributed by atoms with Crippen LogP contribution in [0.5, 0.6) is 0 Å². The summed E-state index contributed by atoms with van der Waals surface area (Å²) in [6, 6.07) is 3.77. The largest absolute Gasteiger partial charge is 0.474 e. The first-order chi connectivity index (χ1) is 31.0. The molecule has 1 fully saturated rings. The fourth-order valence-corrected chi connectivity index (χ4v) is 7.65. The zero-order valence-corrected chi connectivity index (χ0v) is 46.1. The molecular weight excluding hydrogens is 1170 g/mol. The second-order valence-corrected chi connectivity index (χ2v) is 21.6. The molecule has 0 bridgehead atoms. The van der Waals surface area contributed by atoms with Crippen LogP contribution in [0.25, 0.3) is 0 Å². The van der Waals surface area contributed by atoms with E-state index in [1.54, 1.807) is 6.92 Å². The van der Waals surface area contributed by atoms with E-state index in [0.29, 0.717) is 50.0 Å². The van der Waals surface area contributed by atoms with Gasteiger partial charge in [-0.3, -0.25) is 9.59 Å². The minimum absolute atomic E-state index is 0. The highest BCUT2D eigenvalue weighted by Gasteiger charge is 2.33. The van der Waals surface area contributed by atoms with Gasteiger partial charge in [0.2, 0.25) is 15.1 Å². The number of carbonyl (C=O) groups is 2. The Hall–Kier alpha value is -1.97. The maximum atomic E-state index is 13.0. The quantitative estimate of drug-likeness (QED) is 0.0935. The highest BCUT2D eigenvalue weighted by Crippen LogP contribution is 2.29. The highest BCUT2D eigenvalue weighted by atomic mass is 79.9. The number of nitrogens with one attached hydrogen (secondary N) is 2. The number of hydrogen-bond acceptors (Lipinski definition) is 10. The number of nitrogens with zero attached hydrogens (tertiary/aromatic N) is 4. The average Bonchev–Trinajstić information content (AvgIpc) is 3.90. The van der Waals surface area contributed by atoms with E-state index >= 15 is 0 Å². The van der Waals surface area contributed by atoms with Crippen molar-refractivity contribution in [2.75, 3.05) is 25.7 Å². The fourth-order valence-electron chi connectivity index (χ4n) is 5.96. The number of aliphatic hydroxyl groups is 1. The summed E-state index contributed by atoms with van der Waals surface area (Å²) in [5, 5.41) is 15.0. The zero-order chi connectivity index (χ0) is 50.1. The van der Waals surface area contributed by atoms with Crippen molar-refractivity contribution in [3.8, 4) is 0 Å². The third kappa shape index (κ3) is 26.5. The van der Waals surface area contributed by atoms with Crippen LogP contribution in [0.1, 0.15) is 161 Å². The molecule has 3 aromatic rings. The van der Waals surface area contributed by atoms with Gasteiger partial charge in [0.1, 0.15) is 41.1 Å². The van der Waals surface area contributed by atoms with E-state index in [4.69, 9.17) is 25.3 Å². The molecule has 0 aliphatic carbocycles. The molecule has 2 amide bonds. The first-order valence-electron chi connectivity index (χ1n) is 21.3. The van der Waals surface area contributed by atoms with Gasteiger partial charge in [0.25, 0.3) is 11.8 Å². The van der Waals surface area contributed by atoms with E-state index < -0.39 is 37.8 Å². The number of aliphatic hydroxyl groups excluding tert-OH is 1. The monoisotopic (exact) mass is 1230 g/mol. The average molecular weight is 1240 g/mol. The number of carbonyl (C=O) groups excluding carboxylic acids is 2. The summed E-state index contributed by atoms with van der Waals surface area (Å²) < 4.78 is 59.9. The number of alkyl halides is 1. The van der Waals surface area contributed by atoms with Crippen molar-refractivity contribution < 1.29 is 41.5 Å². The number of rotatable bonds is 16. The topological polar surface area (TPSA) is 165 Å². The summed E-state index contributed by atoms with van der Waals surface area (Å²) in [5.74, 6) is -1.35. The molecular formula is C46H69Br3Cl3F3N6O6S. The molecule has 4 atom stereocenters. The number of hydrogen-bond donors (Lipinski definition) is 3. The van der Waals surface area contributed by atoms with E-state index in [1.807, 2.05) is 13.8 Å². The number of pyridine rings is 3. The van der Waals surface area contributed by atoms with Crippen LogP contribution in [0.15, 0.2) is 55.2 Å². The zero-order valence-electron chi connectivity index (χ0n) is 38.2. The van der Waals surface area contributed by atoms with Gasteiger partial charge in [-0.25, -0.2) is 37.3 Å². The van der Waals surface area contributed by atoms with Crippen molar-refractivity contribution in [1.29, 1.82) is 0 Å². The molecule has 1 unspecified atom stereocenters. The van der Waals surface area contributed by atoms with Gasteiger partial charge in [0, 0.05) is 33.9 Å². The molecule has 2 aliphatic rings. The number of aromatic nitrogens is 3. The number of ether oxygens (including phenoxy) is 2. The molecule has 0 radical (unpaired) electrons. The predicted molar refractivity (Wildman–Crippen MR) is 283 cm³/mol. The summed E-state index contributed by atoms with van der Waals surface area (Å²) in [6.07, 6.45) is 14.8. The molecule has 3 N–H and O–H groups in total. The summed E-state index contributed by atoms with van der Waals surface area (Å²) in [4.78, 5) is 40.4. The molecule has 0 aromatic carbocycles. The molecule has 0 spiro atoms. The lowest BCUT2D eigenvalue weighted by Crippen LogP contribution is -2.49. The molecule has 68 heavy (non-hydrogen) atoms. The SMILES string of the molecule is C.C.CC1CCCO1.CCCC[C@](C)(CCl)NC(=O)c1ncc(F)cc1Br.CCCC[C@](C)(CO)NC(=O)c1ncc(F)cc1Br.CCCC[C@]1(C)COC(c2ncc(F)cc2Br)=N1.O=S(Cl)Cl. The van der Waals surface area contributed by atoms with Gasteiger partial charge in [0.15, 0.2) is 0 Å². The van der Waals surface area contributed by atoms with Gasteiger partial charge in [-0.1, -0.05) is 74.1 Å². The third-order valence-electron chi connectivity index (χ3n) is 9.81. The number of halogens is 9. The summed E-state index contributed by atoms with van der Waals surface area (Å²) in [5.41, 5.74) is -0.517. The smallest absolute Gasteiger partial charge is 0.271 e. The van der Waals surface area contributed by atoms with Gasteiger partial charge in [-0.15, -0.1) is 11.6 Å². The summed E-state index contributed by atoms with van der Waals surface area (Å²) in [6.45, 7) is 15.5. The molecule has 22 heteroatoms. The molecule has 2 aliphatic heterocycles. The van der Waals surface area contributed by atoms with Crippen molar-refractivity contribution in [3.05, 3.63) is 84.7 Å². The Bertz CT molecular complexity index is 1950. The fraction of sp³-hybridized carbons (Fsp3) is 0.609. The molecule has 3 aromatic heterocycles. The van der Waals surface area contributed by atoms with E-state index in [0.717, 1.165) is 70.4 Å². The minimum atomic E-state index is -1.67. The molecule has 5 heterocycles. The minimum Gasteiger partial charge on any atom is -0.474 e. The maximum Gasteiger partial charge on any atom is 0.271 e. The van der Waals surface area contributed by atoms with Crippen molar-refractivity contribution in [1.82, 2.24) is 25.6 Å². The van der Waals surface area contributed by atoms with Crippen LogP contribution in [0.4, 0.5) is 13.2 Å². The molecule has 388 valence electrons. The molecule has 12 nitrogen and oxygen atoms in total. The Labute approximate surface area is 443 Å². The highest BCUT2D eigenvalue weighted by molar-refractivity contribution is 9.11. The van der Waals surface area contributed by atoms with E-state index in [9.17, 15) is 27.9 Å². The van der Waals surface area contributed by atoms with Crippen molar-refractivity contribution >= 4 is 108 Å². The number of aliphatic imine (C=N–C) groups is 1.